The van der Waals surface area contributed by atoms with Gasteiger partial charge in [-0.15, -0.1) is 11.8 Å². The number of sulfone groups is 1. The number of carbonyl (C=O) groups excluding carboxylic acids is 1. The molecule has 6 nitrogen and oxygen atoms in total. The van der Waals surface area contributed by atoms with Crippen molar-refractivity contribution < 1.29 is 22.7 Å². The monoisotopic (exact) mass is 421 g/mol. The SMILES string of the molecule is COc1ccc(CNC(=O)c2ccccc2S[C@@H]2CCS(=O)(=O)C2)cc1OC. The van der Waals surface area contributed by atoms with E-state index in [1.54, 1.807) is 32.4 Å². The van der Waals surface area contributed by atoms with Gasteiger partial charge in [0.1, 0.15) is 0 Å². The van der Waals surface area contributed by atoms with Crippen LogP contribution < -0.4 is 14.8 Å². The first-order chi connectivity index (χ1) is 13.4. The lowest BCUT2D eigenvalue weighted by molar-refractivity contribution is 0.0948. The van der Waals surface area contributed by atoms with Crippen LogP contribution in [-0.2, 0) is 16.4 Å². The fraction of sp³-hybridized carbons (Fsp3) is 0.350. The van der Waals surface area contributed by atoms with E-state index in [-0.39, 0.29) is 22.7 Å². The second-order valence-electron chi connectivity index (χ2n) is 6.51. The van der Waals surface area contributed by atoms with Crippen molar-refractivity contribution in [3.05, 3.63) is 53.6 Å². The number of benzene rings is 2. The average Bonchev–Trinajstić information content (AvgIpc) is 3.04. The molecule has 28 heavy (non-hydrogen) atoms. The predicted octanol–water partition coefficient (Wildman–Crippen LogP) is 2.91. The lowest BCUT2D eigenvalue weighted by Crippen LogP contribution is -2.23. The van der Waals surface area contributed by atoms with E-state index in [4.69, 9.17) is 9.47 Å². The molecule has 1 atom stereocenters. The Hall–Kier alpha value is -2.19. The molecule has 1 aliphatic rings. The number of ether oxygens (including phenoxy) is 2. The van der Waals surface area contributed by atoms with Crippen LogP contribution >= 0.6 is 11.8 Å². The van der Waals surface area contributed by atoms with E-state index < -0.39 is 9.84 Å². The first-order valence-corrected chi connectivity index (χ1v) is 11.6. The summed E-state index contributed by atoms with van der Waals surface area (Å²) in [6, 6.07) is 12.8. The van der Waals surface area contributed by atoms with Gasteiger partial charge in [0.05, 0.1) is 31.3 Å². The van der Waals surface area contributed by atoms with Crippen LogP contribution in [-0.4, -0.2) is 45.3 Å². The third-order valence-corrected chi connectivity index (χ3v) is 7.84. The third-order valence-electron chi connectivity index (χ3n) is 4.52. The summed E-state index contributed by atoms with van der Waals surface area (Å²) < 4.78 is 33.9. The van der Waals surface area contributed by atoms with Crippen molar-refractivity contribution in [2.75, 3.05) is 25.7 Å². The molecule has 1 N–H and O–H groups in total. The molecule has 2 aromatic carbocycles. The van der Waals surface area contributed by atoms with Gasteiger partial charge >= 0.3 is 0 Å². The predicted molar refractivity (Wildman–Crippen MR) is 110 cm³/mol. The largest absolute Gasteiger partial charge is 0.493 e. The van der Waals surface area contributed by atoms with Gasteiger partial charge in [0.15, 0.2) is 21.3 Å². The fourth-order valence-corrected chi connectivity index (χ4v) is 6.69. The highest BCUT2D eigenvalue weighted by Crippen LogP contribution is 2.33. The van der Waals surface area contributed by atoms with E-state index in [2.05, 4.69) is 5.32 Å². The van der Waals surface area contributed by atoms with E-state index in [9.17, 15) is 13.2 Å². The number of amides is 1. The highest BCUT2D eigenvalue weighted by Gasteiger charge is 2.29. The molecule has 0 aromatic heterocycles. The van der Waals surface area contributed by atoms with Crippen molar-refractivity contribution in [3.8, 4) is 11.5 Å². The highest BCUT2D eigenvalue weighted by molar-refractivity contribution is 8.02. The number of thioether (sulfide) groups is 1. The molecule has 2 aromatic rings. The summed E-state index contributed by atoms with van der Waals surface area (Å²) in [6.07, 6.45) is 0.620. The van der Waals surface area contributed by atoms with Crippen molar-refractivity contribution in [2.45, 2.75) is 23.1 Å². The first-order valence-electron chi connectivity index (χ1n) is 8.87. The van der Waals surface area contributed by atoms with Gasteiger partial charge in [0.25, 0.3) is 5.91 Å². The maximum absolute atomic E-state index is 12.7. The normalized spacial score (nSPS) is 17.9. The van der Waals surface area contributed by atoms with Gasteiger partial charge in [0, 0.05) is 16.7 Å². The van der Waals surface area contributed by atoms with Crippen molar-refractivity contribution in [2.24, 2.45) is 0 Å². The quantitative estimate of drug-likeness (QED) is 0.740. The van der Waals surface area contributed by atoms with Crippen molar-refractivity contribution in [1.82, 2.24) is 5.32 Å². The Bertz CT molecular complexity index is 959. The third kappa shape index (κ3) is 4.99. The van der Waals surface area contributed by atoms with Crippen molar-refractivity contribution in [3.63, 3.8) is 0 Å². The van der Waals surface area contributed by atoms with Crippen LogP contribution in [0.5, 0.6) is 11.5 Å². The standard InChI is InChI=1S/C20H23NO5S2/c1-25-17-8-7-14(11-18(17)26-2)12-21-20(22)16-5-3-4-6-19(16)27-15-9-10-28(23,24)13-15/h3-8,11,15H,9-10,12-13H2,1-2H3,(H,21,22)/t15-/m1/s1. The second-order valence-corrected chi connectivity index (χ2v) is 10.1. The zero-order valence-corrected chi connectivity index (χ0v) is 17.4. The molecule has 0 radical (unpaired) electrons. The lowest BCUT2D eigenvalue weighted by Gasteiger charge is -2.13. The van der Waals surface area contributed by atoms with Crippen LogP contribution in [0.25, 0.3) is 0 Å². The second kappa shape index (κ2) is 8.87. The van der Waals surface area contributed by atoms with Gasteiger partial charge in [-0.1, -0.05) is 18.2 Å². The van der Waals surface area contributed by atoms with E-state index in [1.807, 2.05) is 24.3 Å². The zero-order chi connectivity index (χ0) is 20.1. The van der Waals surface area contributed by atoms with E-state index in [1.165, 1.54) is 11.8 Å². The summed E-state index contributed by atoms with van der Waals surface area (Å²) >= 11 is 1.46. The minimum Gasteiger partial charge on any atom is -0.493 e. The molecule has 1 fully saturated rings. The molecule has 0 aliphatic carbocycles. The van der Waals surface area contributed by atoms with Gasteiger partial charge in [0.2, 0.25) is 0 Å². The van der Waals surface area contributed by atoms with Crippen LogP contribution in [0.2, 0.25) is 0 Å². The molecule has 0 unspecified atom stereocenters. The Balaban J connectivity index is 1.68. The summed E-state index contributed by atoms with van der Waals surface area (Å²) in [4.78, 5) is 13.5. The molecule has 0 saturated carbocycles. The first kappa shape index (κ1) is 20.5. The molecule has 3 rings (SSSR count). The van der Waals surface area contributed by atoms with Gasteiger partial charge in [-0.25, -0.2) is 8.42 Å². The van der Waals surface area contributed by atoms with Gasteiger partial charge < -0.3 is 14.8 Å². The summed E-state index contributed by atoms with van der Waals surface area (Å²) in [5.41, 5.74) is 1.44. The van der Waals surface area contributed by atoms with Gasteiger partial charge in [-0.2, -0.15) is 0 Å². The number of nitrogens with one attached hydrogen (secondary N) is 1. The van der Waals surface area contributed by atoms with E-state index in [0.29, 0.717) is 30.0 Å². The highest BCUT2D eigenvalue weighted by atomic mass is 32.2. The minimum atomic E-state index is -2.95. The summed E-state index contributed by atoms with van der Waals surface area (Å²) in [6.45, 7) is 0.343. The Morgan fingerprint density at radius 3 is 2.57 bits per heavy atom. The fourth-order valence-electron chi connectivity index (χ4n) is 3.06. The Morgan fingerprint density at radius 1 is 1.14 bits per heavy atom. The number of methoxy groups -OCH3 is 2. The summed E-state index contributed by atoms with van der Waals surface area (Å²) in [5, 5.41) is 2.91. The number of hydrogen-bond donors (Lipinski definition) is 1. The summed E-state index contributed by atoms with van der Waals surface area (Å²) in [5.74, 6) is 1.43. The molecule has 1 heterocycles. The van der Waals surface area contributed by atoms with Crippen LogP contribution in [0.1, 0.15) is 22.3 Å². The molecule has 0 spiro atoms. The van der Waals surface area contributed by atoms with Crippen LogP contribution in [0.15, 0.2) is 47.4 Å². The lowest BCUT2D eigenvalue weighted by atomic mass is 10.1. The van der Waals surface area contributed by atoms with Crippen LogP contribution in [0.4, 0.5) is 0 Å². The average molecular weight is 422 g/mol. The van der Waals surface area contributed by atoms with Gasteiger partial charge in [-0.3, -0.25) is 4.79 Å². The summed E-state index contributed by atoms with van der Waals surface area (Å²) in [7, 11) is 0.188. The molecular formula is C20H23NO5S2. The number of rotatable bonds is 7. The maximum Gasteiger partial charge on any atom is 0.252 e. The Labute approximate surface area is 169 Å². The topological polar surface area (TPSA) is 81.7 Å². The molecular weight excluding hydrogens is 398 g/mol. The molecule has 8 heteroatoms. The van der Waals surface area contributed by atoms with E-state index >= 15 is 0 Å². The van der Waals surface area contributed by atoms with Crippen LogP contribution in [0, 0.1) is 0 Å². The maximum atomic E-state index is 12.7. The molecule has 150 valence electrons. The van der Waals surface area contributed by atoms with Crippen molar-refractivity contribution >= 4 is 27.5 Å². The Morgan fingerprint density at radius 2 is 1.89 bits per heavy atom. The number of hydrogen-bond acceptors (Lipinski definition) is 6. The van der Waals surface area contributed by atoms with Gasteiger partial charge in [-0.05, 0) is 36.2 Å². The van der Waals surface area contributed by atoms with Crippen LogP contribution in [0.3, 0.4) is 0 Å². The molecule has 1 aliphatic heterocycles. The number of carbonyl (C=O) groups is 1. The molecule has 1 saturated heterocycles. The Kier molecular flexibility index (Phi) is 6.51. The van der Waals surface area contributed by atoms with E-state index in [0.717, 1.165) is 10.5 Å². The molecule has 1 amide bonds. The van der Waals surface area contributed by atoms with Crippen molar-refractivity contribution in [1.29, 1.82) is 0 Å². The zero-order valence-electron chi connectivity index (χ0n) is 15.8. The smallest absolute Gasteiger partial charge is 0.252 e. The molecule has 0 bridgehead atoms. The minimum absolute atomic E-state index is 0.00945.